The zero-order valence-corrected chi connectivity index (χ0v) is 16.4. The third-order valence-corrected chi connectivity index (χ3v) is 4.31. The molecule has 0 spiro atoms. The number of nitrogens with zero attached hydrogens (tertiary/aromatic N) is 1. The van der Waals surface area contributed by atoms with Crippen LogP contribution in [0, 0.1) is 0 Å². The fourth-order valence-corrected chi connectivity index (χ4v) is 3.02. The average molecular weight is 407 g/mol. The number of hydrogen-bond acceptors (Lipinski definition) is 5. The summed E-state index contributed by atoms with van der Waals surface area (Å²) in [4.78, 5) is 36.3. The van der Waals surface area contributed by atoms with E-state index in [0.717, 1.165) is 0 Å². The van der Waals surface area contributed by atoms with E-state index in [0.29, 0.717) is 34.7 Å². The summed E-state index contributed by atoms with van der Waals surface area (Å²) < 4.78 is 10.9. The number of para-hydroxylation sites is 1. The molecule has 154 valence electrons. The molecule has 0 aromatic heterocycles. The third-order valence-electron chi connectivity index (χ3n) is 4.31. The molecule has 1 aliphatic rings. The van der Waals surface area contributed by atoms with E-state index in [-0.39, 0.29) is 12.2 Å². The van der Waals surface area contributed by atoms with Gasteiger partial charge in [-0.2, -0.15) is 0 Å². The predicted octanol–water partition coefficient (Wildman–Crippen LogP) is 1.75. The molecule has 1 fully saturated rings. The van der Waals surface area contributed by atoms with Crippen molar-refractivity contribution in [2.75, 3.05) is 18.7 Å². The molecule has 2 aromatic carbocycles. The molecule has 3 amide bonds. The first kappa shape index (κ1) is 20.7. The van der Waals surface area contributed by atoms with Crippen LogP contribution in [0.3, 0.4) is 0 Å². The number of anilines is 1. The molecule has 2 aromatic rings. The Bertz CT molecular complexity index is 1030. The summed E-state index contributed by atoms with van der Waals surface area (Å²) in [6.45, 7) is 3.41. The van der Waals surface area contributed by atoms with Gasteiger partial charge in [-0.3, -0.25) is 19.8 Å². The van der Waals surface area contributed by atoms with Gasteiger partial charge < -0.3 is 15.2 Å². The number of rotatable bonds is 8. The van der Waals surface area contributed by atoms with Gasteiger partial charge >= 0.3 is 0 Å². The first-order chi connectivity index (χ1) is 14.4. The summed E-state index contributed by atoms with van der Waals surface area (Å²) in [6.07, 6.45) is 3.55. The number of hydrogen-bond donors (Lipinski definition) is 2. The van der Waals surface area contributed by atoms with Gasteiger partial charge in [0.2, 0.25) is 0 Å². The number of hydrazine groups is 1. The molecule has 0 unspecified atom stereocenters. The van der Waals surface area contributed by atoms with Crippen molar-refractivity contribution >= 4 is 29.5 Å². The maximum Gasteiger partial charge on any atom is 0.282 e. The highest BCUT2D eigenvalue weighted by Gasteiger charge is 2.34. The molecule has 1 saturated heterocycles. The zero-order valence-electron chi connectivity index (χ0n) is 16.4. The number of primary amides is 1. The molecule has 8 nitrogen and oxygen atoms in total. The van der Waals surface area contributed by atoms with Crippen molar-refractivity contribution in [3.8, 4) is 11.5 Å². The van der Waals surface area contributed by atoms with Crippen LogP contribution in [-0.4, -0.2) is 31.4 Å². The van der Waals surface area contributed by atoms with Gasteiger partial charge in [-0.05, 0) is 42.3 Å². The fraction of sp³-hybridized carbons (Fsp3) is 0.136. The van der Waals surface area contributed by atoms with Crippen LogP contribution in [0.5, 0.6) is 11.5 Å². The molecule has 0 radical (unpaired) electrons. The molecule has 8 heteroatoms. The molecule has 0 saturated carbocycles. The Balaban J connectivity index is 1.98. The Morgan fingerprint density at radius 1 is 1.23 bits per heavy atom. The molecule has 30 heavy (non-hydrogen) atoms. The Hall–Kier alpha value is -4.07. The lowest BCUT2D eigenvalue weighted by atomic mass is 10.0. The number of nitrogens with two attached hydrogens (primary N) is 1. The van der Waals surface area contributed by atoms with Crippen molar-refractivity contribution in [2.24, 2.45) is 5.73 Å². The monoisotopic (exact) mass is 407 g/mol. The van der Waals surface area contributed by atoms with Crippen LogP contribution in [0.2, 0.25) is 0 Å². The lowest BCUT2D eigenvalue weighted by molar-refractivity contribution is -0.120. The number of benzene rings is 2. The van der Waals surface area contributed by atoms with Gasteiger partial charge in [0, 0.05) is 5.56 Å². The minimum absolute atomic E-state index is 0.0173. The van der Waals surface area contributed by atoms with Gasteiger partial charge in [0.15, 0.2) is 18.1 Å². The first-order valence-corrected chi connectivity index (χ1v) is 9.09. The van der Waals surface area contributed by atoms with E-state index in [9.17, 15) is 14.4 Å². The maximum atomic E-state index is 12.8. The van der Waals surface area contributed by atoms with Gasteiger partial charge in [-0.1, -0.05) is 24.3 Å². The first-order valence-electron chi connectivity index (χ1n) is 9.09. The summed E-state index contributed by atoms with van der Waals surface area (Å²) in [7, 11) is 1.45. The summed E-state index contributed by atoms with van der Waals surface area (Å²) in [5.74, 6) is -0.909. The van der Waals surface area contributed by atoms with E-state index < -0.39 is 17.7 Å². The summed E-state index contributed by atoms with van der Waals surface area (Å²) in [5.41, 5.74) is 9.49. The van der Waals surface area contributed by atoms with Crippen LogP contribution in [0.15, 0.2) is 60.7 Å². The molecule has 0 atom stereocenters. The lowest BCUT2D eigenvalue weighted by Gasteiger charge is -2.15. The molecule has 0 bridgehead atoms. The number of methoxy groups -OCH3 is 1. The highest BCUT2D eigenvalue weighted by Crippen LogP contribution is 2.34. The quantitative estimate of drug-likeness (QED) is 0.393. The SMILES string of the molecule is C=CCc1cc(/C=C2/C(=O)NN(c3ccccc3)C2=O)cc(OC)c1OCC(N)=O. The number of amides is 3. The van der Waals surface area contributed by atoms with Crippen LogP contribution >= 0.6 is 0 Å². The van der Waals surface area contributed by atoms with Crippen molar-refractivity contribution < 1.29 is 23.9 Å². The van der Waals surface area contributed by atoms with Gasteiger partial charge in [0.25, 0.3) is 17.7 Å². The second kappa shape index (κ2) is 8.95. The van der Waals surface area contributed by atoms with E-state index in [4.69, 9.17) is 15.2 Å². The second-order valence-corrected chi connectivity index (χ2v) is 6.43. The number of ether oxygens (including phenoxy) is 2. The number of carbonyl (C=O) groups excluding carboxylic acids is 3. The Kier molecular flexibility index (Phi) is 6.17. The number of carbonyl (C=O) groups is 3. The summed E-state index contributed by atoms with van der Waals surface area (Å²) >= 11 is 0. The average Bonchev–Trinajstić information content (AvgIpc) is 3.01. The molecule has 1 heterocycles. The Morgan fingerprint density at radius 2 is 1.97 bits per heavy atom. The van der Waals surface area contributed by atoms with Gasteiger partial charge in [-0.15, -0.1) is 6.58 Å². The Morgan fingerprint density at radius 3 is 2.60 bits per heavy atom. The number of nitrogens with one attached hydrogen (secondary N) is 1. The smallest absolute Gasteiger partial charge is 0.282 e. The summed E-state index contributed by atoms with van der Waals surface area (Å²) in [6, 6.07) is 12.1. The van der Waals surface area contributed by atoms with Crippen molar-refractivity contribution in [3.05, 3.63) is 71.8 Å². The van der Waals surface area contributed by atoms with Crippen LogP contribution < -0.4 is 25.6 Å². The minimum Gasteiger partial charge on any atom is -0.493 e. The number of allylic oxidation sites excluding steroid dienone is 1. The lowest BCUT2D eigenvalue weighted by Crippen LogP contribution is -2.35. The van der Waals surface area contributed by atoms with Crippen LogP contribution in [0.4, 0.5) is 5.69 Å². The van der Waals surface area contributed by atoms with Gasteiger partial charge in [0.1, 0.15) is 5.57 Å². The standard InChI is InChI=1S/C22H21N3O5/c1-3-7-15-10-14(12-18(29-2)20(15)30-13-19(23)26)11-17-21(27)24-25(22(17)28)16-8-5-4-6-9-16/h3-6,8-12H,1,7,13H2,2H3,(H2,23,26)(H,24,27)/b17-11-. The maximum absolute atomic E-state index is 12.8. The van der Waals surface area contributed by atoms with E-state index in [2.05, 4.69) is 12.0 Å². The molecule has 1 aliphatic heterocycles. The molecule has 3 rings (SSSR count). The van der Waals surface area contributed by atoms with Crippen LogP contribution in [0.1, 0.15) is 11.1 Å². The highest BCUT2D eigenvalue weighted by molar-refractivity contribution is 6.31. The van der Waals surface area contributed by atoms with Gasteiger partial charge in [0.05, 0.1) is 12.8 Å². The Labute approximate surface area is 173 Å². The van der Waals surface area contributed by atoms with E-state index in [1.54, 1.807) is 42.5 Å². The highest BCUT2D eigenvalue weighted by atomic mass is 16.5. The molecular formula is C22H21N3O5. The van der Waals surface area contributed by atoms with Crippen molar-refractivity contribution in [2.45, 2.75) is 6.42 Å². The minimum atomic E-state index is -0.623. The fourth-order valence-electron chi connectivity index (χ4n) is 3.02. The largest absolute Gasteiger partial charge is 0.493 e. The molecular weight excluding hydrogens is 386 g/mol. The van der Waals surface area contributed by atoms with Crippen LogP contribution in [0.25, 0.3) is 6.08 Å². The normalized spacial score (nSPS) is 14.6. The predicted molar refractivity (Wildman–Crippen MR) is 112 cm³/mol. The zero-order chi connectivity index (χ0) is 21.7. The second-order valence-electron chi connectivity index (χ2n) is 6.43. The van der Waals surface area contributed by atoms with Gasteiger partial charge in [-0.25, -0.2) is 5.01 Å². The van der Waals surface area contributed by atoms with Crippen molar-refractivity contribution in [3.63, 3.8) is 0 Å². The van der Waals surface area contributed by atoms with E-state index >= 15 is 0 Å². The summed E-state index contributed by atoms with van der Waals surface area (Å²) in [5, 5.41) is 1.19. The topological polar surface area (TPSA) is 111 Å². The van der Waals surface area contributed by atoms with Crippen molar-refractivity contribution in [1.82, 2.24) is 5.43 Å². The van der Waals surface area contributed by atoms with Crippen molar-refractivity contribution in [1.29, 1.82) is 0 Å². The third kappa shape index (κ3) is 4.33. The van der Waals surface area contributed by atoms with Crippen LogP contribution in [-0.2, 0) is 20.8 Å². The van der Waals surface area contributed by atoms with E-state index in [1.165, 1.54) is 18.2 Å². The molecule has 3 N–H and O–H groups in total. The molecule has 0 aliphatic carbocycles. The van der Waals surface area contributed by atoms with E-state index in [1.807, 2.05) is 6.07 Å².